The zero-order chi connectivity index (χ0) is 14.8. The van der Waals surface area contributed by atoms with Crippen LogP contribution in [0, 0.1) is 6.92 Å². The normalized spacial score (nSPS) is 15.3. The molecule has 2 heterocycles. The van der Waals surface area contributed by atoms with E-state index in [-0.39, 0.29) is 0 Å². The van der Waals surface area contributed by atoms with Crippen LogP contribution in [0.3, 0.4) is 0 Å². The lowest BCUT2D eigenvalue weighted by atomic mass is 10.3. The molecule has 1 aliphatic rings. The summed E-state index contributed by atoms with van der Waals surface area (Å²) in [5.74, 6) is 0.823. The van der Waals surface area contributed by atoms with Gasteiger partial charge in [0, 0.05) is 26.2 Å². The second-order valence-electron chi connectivity index (χ2n) is 5.00. The number of rotatable bonds is 2. The molecule has 1 aromatic carbocycles. The zero-order valence-corrected chi connectivity index (χ0v) is 11.8. The van der Waals surface area contributed by atoms with Crippen LogP contribution in [0.5, 0.6) is 0 Å². The summed E-state index contributed by atoms with van der Waals surface area (Å²) in [4.78, 5) is 14.4. The highest BCUT2D eigenvalue weighted by Crippen LogP contribution is 2.20. The molecule has 7 nitrogen and oxygen atoms in total. The maximum atomic E-state index is 10.9. The Bertz CT molecular complexity index is 632. The molecule has 1 aromatic heterocycles. The molecule has 0 unspecified atom stereocenters. The second kappa shape index (κ2) is 5.43. The molecule has 7 heteroatoms. The number of piperazine rings is 1. The summed E-state index contributed by atoms with van der Waals surface area (Å²) in [6.45, 7) is 4.24. The molecule has 3 rings (SSSR count). The monoisotopic (exact) mass is 287 g/mol. The molecule has 1 N–H and O–H groups in total. The average Bonchev–Trinajstić information content (AvgIpc) is 2.90. The molecule has 1 saturated heterocycles. The number of anilines is 1. The highest BCUT2D eigenvalue weighted by Gasteiger charge is 2.24. The molecule has 2 aromatic rings. The highest BCUT2D eigenvalue weighted by atomic mass is 16.4. The Morgan fingerprint density at radius 2 is 1.81 bits per heavy atom. The fourth-order valence-electron chi connectivity index (χ4n) is 2.54. The Balaban J connectivity index is 1.79. The fraction of sp³-hybridized carbons (Fsp3) is 0.357. The Morgan fingerprint density at radius 3 is 2.43 bits per heavy atom. The maximum absolute atomic E-state index is 10.9. The van der Waals surface area contributed by atoms with Gasteiger partial charge in [-0.1, -0.05) is 23.4 Å². The molecule has 1 aliphatic heterocycles. The van der Waals surface area contributed by atoms with Crippen molar-refractivity contribution in [3.8, 4) is 5.69 Å². The summed E-state index contributed by atoms with van der Waals surface area (Å²) >= 11 is 0. The lowest BCUT2D eigenvalue weighted by Gasteiger charge is -2.33. The van der Waals surface area contributed by atoms with Crippen molar-refractivity contribution in [3.05, 3.63) is 36.0 Å². The van der Waals surface area contributed by atoms with Gasteiger partial charge < -0.3 is 14.9 Å². The van der Waals surface area contributed by atoms with E-state index in [1.54, 1.807) is 4.68 Å². The smallest absolute Gasteiger partial charge is 0.407 e. The Labute approximate surface area is 122 Å². The van der Waals surface area contributed by atoms with Crippen LogP contribution >= 0.6 is 0 Å². The molecule has 0 spiro atoms. The SMILES string of the molecule is Cc1c(N2CCN(C(=O)O)CC2)nnn1-c1ccccc1. The maximum Gasteiger partial charge on any atom is 0.407 e. The summed E-state index contributed by atoms with van der Waals surface area (Å²) in [7, 11) is 0. The van der Waals surface area contributed by atoms with E-state index in [0.29, 0.717) is 26.2 Å². The van der Waals surface area contributed by atoms with Gasteiger partial charge in [-0.3, -0.25) is 0 Å². The van der Waals surface area contributed by atoms with Crippen LogP contribution in [0.25, 0.3) is 5.69 Å². The summed E-state index contributed by atoms with van der Waals surface area (Å²) in [6, 6.07) is 9.84. The number of hydrogen-bond donors (Lipinski definition) is 1. The summed E-state index contributed by atoms with van der Waals surface area (Å²) in [5, 5.41) is 17.4. The first-order valence-electron chi connectivity index (χ1n) is 6.87. The van der Waals surface area contributed by atoms with E-state index < -0.39 is 6.09 Å². The standard InChI is InChI=1S/C14H17N5O2/c1-11-13(17-7-9-18(10-8-17)14(20)21)15-16-19(11)12-5-3-2-4-6-12/h2-6H,7-10H2,1H3,(H,20,21). The van der Waals surface area contributed by atoms with Crippen LogP contribution < -0.4 is 4.90 Å². The predicted molar refractivity (Wildman–Crippen MR) is 77.9 cm³/mol. The minimum Gasteiger partial charge on any atom is -0.465 e. The van der Waals surface area contributed by atoms with Gasteiger partial charge in [0.15, 0.2) is 5.82 Å². The summed E-state index contributed by atoms with van der Waals surface area (Å²) in [6.07, 6.45) is -0.862. The molecule has 1 fully saturated rings. The molecule has 1 amide bonds. The third-order valence-corrected chi connectivity index (χ3v) is 3.72. The number of nitrogens with zero attached hydrogens (tertiary/aromatic N) is 5. The minimum atomic E-state index is -0.862. The van der Waals surface area contributed by atoms with Gasteiger partial charge in [-0.05, 0) is 19.1 Å². The molecular formula is C14H17N5O2. The topological polar surface area (TPSA) is 74.5 Å². The van der Waals surface area contributed by atoms with Crippen molar-refractivity contribution in [3.63, 3.8) is 0 Å². The largest absolute Gasteiger partial charge is 0.465 e. The van der Waals surface area contributed by atoms with E-state index in [0.717, 1.165) is 17.2 Å². The molecule has 0 aliphatic carbocycles. The molecule has 21 heavy (non-hydrogen) atoms. The third-order valence-electron chi connectivity index (χ3n) is 3.72. The highest BCUT2D eigenvalue weighted by molar-refractivity contribution is 5.65. The van der Waals surface area contributed by atoms with Crippen molar-refractivity contribution in [1.82, 2.24) is 19.9 Å². The van der Waals surface area contributed by atoms with Crippen molar-refractivity contribution in [2.75, 3.05) is 31.1 Å². The summed E-state index contributed by atoms with van der Waals surface area (Å²) in [5.41, 5.74) is 1.93. The van der Waals surface area contributed by atoms with E-state index in [1.807, 2.05) is 37.3 Å². The minimum absolute atomic E-state index is 0.493. The molecule has 0 radical (unpaired) electrons. The first-order valence-corrected chi connectivity index (χ1v) is 6.87. The molecular weight excluding hydrogens is 270 g/mol. The van der Waals surface area contributed by atoms with Crippen LogP contribution in [-0.4, -0.2) is 57.3 Å². The zero-order valence-electron chi connectivity index (χ0n) is 11.8. The van der Waals surface area contributed by atoms with E-state index in [4.69, 9.17) is 5.11 Å². The van der Waals surface area contributed by atoms with Crippen LogP contribution in [-0.2, 0) is 0 Å². The molecule has 0 bridgehead atoms. The van der Waals surface area contributed by atoms with Crippen LogP contribution in [0.15, 0.2) is 30.3 Å². The fourth-order valence-corrected chi connectivity index (χ4v) is 2.54. The van der Waals surface area contributed by atoms with Crippen molar-refractivity contribution in [2.45, 2.75) is 6.92 Å². The van der Waals surface area contributed by atoms with E-state index in [9.17, 15) is 4.79 Å². The van der Waals surface area contributed by atoms with Gasteiger partial charge in [0.2, 0.25) is 0 Å². The number of hydrogen-bond acceptors (Lipinski definition) is 4. The Kier molecular flexibility index (Phi) is 3.47. The van der Waals surface area contributed by atoms with Crippen LogP contribution in [0.2, 0.25) is 0 Å². The van der Waals surface area contributed by atoms with E-state index in [2.05, 4.69) is 15.2 Å². The lowest BCUT2D eigenvalue weighted by Crippen LogP contribution is -2.48. The van der Waals surface area contributed by atoms with Crippen LogP contribution in [0.1, 0.15) is 5.69 Å². The number of para-hydroxylation sites is 1. The first kappa shape index (κ1) is 13.4. The Morgan fingerprint density at radius 1 is 1.14 bits per heavy atom. The molecule has 0 saturated carbocycles. The van der Waals surface area contributed by atoms with Gasteiger partial charge >= 0.3 is 6.09 Å². The molecule has 110 valence electrons. The quantitative estimate of drug-likeness (QED) is 0.903. The number of benzene rings is 1. The van der Waals surface area contributed by atoms with Crippen molar-refractivity contribution < 1.29 is 9.90 Å². The third kappa shape index (κ3) is 2.54. The predicted octanol–water partition coefficient (Wildman–Crippen LogP) is 1.38. The Hall–Kier alpha value is -2.57. The van der Waals surface area contributed by atoms with Gasteiger partial charge in [-0.15, -0.1) is 5.10 Å². The lowest BCUT2D eigenvalue weighted by molar-refractivity contribution is 0.142. The van der Waals surface area contributed by atoms with Gasteiger partial charge in [-0.2, -0.15) is 0 Å². The van der Waals surface area contributed by atoms with Crippen molar-refractivity contribution in [2.24, 2.45) is 0 Å². The average molecular weight is 287 g/mol. The van der Waals surface area contributed by atoms with Gasteiger partial charge in [0.1, 0.15) is 0 Å². The van der Waals surface area contributed by atoms with Gasteiger partial charge in [0.25, 0.3) is 0 Å². The second-order valence-corrected chi connectivity index (χ2v) is 5.00. The summed E-state index contributed by atoms with van der Waals surface area (Å²) < 4.78 is 1.80. The van der Waals surface area contributed by atoms with E-state index in [1.165, 1.54) is 4.90 Å². The van der Waals surface area contributed by atoms with Crippen molar-refractivity contribution in [1.29, 1.82) is 0 Å². The first-order chi connectivity index (χ1) is 10.2. The number of carbonyl (C=O) groups is 1. The van der Waals surface area contributed by atoms with E-state index >= 15 is 0 Å². The number of amides is 1. The van der Waals surface area contributed by atoms with Gasteiger partial charge in [0.05, 0.1) is 11.4 Å². The number of aromatic nitrogens is 3. The van der Waals surface area contributed by atoms with Gasteiger partial charge in [-0.25, -0.2) is 9.48 Å². The van der Waals surface area contributed by atoms with Crippen molar-refractivity contribution >= 4 is 11.9 Å². The molecule has 0 atom stereocenters. The number of carboxylic acid groups (broad SMARTS) is 1. The van der Waals surface area contributed by atoms with Crippen LogP contribution in [0.4, 0.5) is 10.6 Å².